The number of hydrogen-bond donors (Lipinski definition) is 0. The van der Waals surface area contributed by atoms with E-state index < -0.39 is 0 Å². The van der Waals surface area contributed by atoms with Crippen LogP contribution in [0.3, 0.4) is 0 Å². The lowest BCUT2D eigenvalue weighted by molar-refractivity contribution is 2.36. The Balaban J connectivity index is 2.80. The fraction of sp³-hybridized carbons (Fsp3) is 1.00. The van der Waals surface area contributed by atoms with E-state index in [0.29, 0.717) is 0 Å². The number of rotatable bonds is 0. The zero-order chi connectivity index (χ0) is 3.58. The molecule has 0 bridgehead atoms. The van der Waals surface area contributed by atoms with Crippen molar-refractivity contribution in [2.24, 2.45) is 0 Å². The van der Waals surface area contributed by atoms with Crippen LogP contribution in [-0.2, 0) is 0 Å². The highest BCUT2D eigenvalue weighted by molar-refractivity contribution is 7.13. The molecule has 0 heterocycles. The van der Waals surface area contributed by atoms with Gasteiger partial charge in [-0.1, -0.05) is 0 Å². The molecule has 24 valence electrons. The van der Waals surface area contributed by atoms with Crippen LogP contribution >= 0.6 is 11.1 Å². The molecule has 0 fully saturated rings. The summed E-state index contributed by atoms with van der Waals surface area (Å²) in [6.45, 7) is 2.05. The Hall–Kier alpha value is 0.724. The third kappa shape index (κ3) is 15.5. The van der Waals surface area contributed by atoms with Gasteiger partial charge in [0, 0.05) is 0 Å². The van der Waals surface area contributed by atoms with E-state index in [9.17, 15) is 0 Å². The van der Waals surface area contributed by atoms with Gasteiger partial charge in [-0.2, -0.15) is 0 Å². The Morgan fingerprint density at radius 1 is 2.00 bits per heavy atom. The van der Waals surface area contributed by atoms with Crippen LogP contribution in [0.15, 0.2) is 0 Å². The van der Waals surface area contributed by atoms with E-state index in [4.69, 9.17) is 11.1 Å². The summed E-state index contributed by atoms with van der Waals surface area (Å²) in [7, 11) is 1.49. The third-order valence-corrected chi connectivity index (χ3v) is 0. The summed E-state index contributed by atoms with van der Waals surface area (Å²) in [5.74, 6) is 0. The van der Waals surface area contributed by atoms with Gasteiger partial charge in [-0.15, -0.1) is 11.1 Å². The van der Waals surface area contributed by atoms with Gasteiger partial charge in [-0.25, -0.2) is 0 Å². The molecule has 4 heavy (non-hydrogen) atoms. The highest BCUT2D eigenvalue weighted by atomic mass is 35.6. The van der Waals surface area contributed by atoms with Gasteiger partial charge in [-0.05, 0) is 15.9 Å². The molecule has 0 saturated carbocycles. The van der Waals surface area contributed by atoms with Crippen LogP contribution in [0.2, 0.25) is 6.55 Å². The summed E-state index contributed by atoms with van der Waals surface area (Å²) < 4.78 is 0. The zero-order valence-electron chi connectivity index (χ0n) is 2.59. The molecular weight excluding hydrogens is 104 g/mol. The van der Waals surface area contributed by atoms with Gasteiger partial charge in [0.25, 0.3) is 0 Å². The van der Waals surface area contributed by atoms with E-state index in [2.05, 4.69) is 0 Å². The molecule has 0 rings (SSSR count). The van der Waals surface area contributed by atoms with Crippen molar-refractivity contribution >= 4 is 27.6 Å². The molecular formula is CH5ClSi2. The highest BCUT2D eigenvalue weighted by Crippen LogP contribution is 1.63. The first-order chi connectivity index (χ1) is 1.73. The second-order valence-corrected chi connectivity index (χ2v) is 8.49. The maximum atomic E-state index is 5.39. The quantitative estimate of drug-likeness (QED) is 0.302. The molecule has 0 unspecified atom stereocenters. The van der Waals surface area contributed by atoms with Crippen molar-refractivity contribution in [2.75, 3.05) is 0 Å². The van der Waals surface area contributed by atoms with Gasteiger partial charge in [0.05, 0.1) is 7.20 Å². The predicted octanol–water partition coefficient (Wildman–Crippen LogP) is -0.0237. The van der Waals surface area contributed by atoms with Gasteiger partial charge >= 0.3 is 0 Å². The van der Waals surface area contributed by atoms with Crippen LogP contribution in [0, 0.1) is 0 Å². The molecule has 3 heteroatoms. The smallest absolute Gasteiger partial charge is 0.0892 e. The second-order valence-electron chi connectivity index (χ2n) is 0.676. The summed E-state index contributed by atoms with van der Waals surface area (Å²) in [6.07, 6.45) is 0. The first kappa shape index (κ1) is 4.72. The highest BCUT2D eigenvalue weighted by Gasteiger charge is 1.59. The summed E-state index contributed by atoms with van der Waals surface area (Å²) in [4.78, 5) is 0. The van der Waals surface area contributed by atoms with Crippen LogP contribution in [-0.4, -0.2) is 16.5 Å². The van der Waals surface area contributed by atoms with Crippen molar-refractivity contribution in [3.8, 4) is 0 Å². The van der Waals surface area contributed by atoms with Crippen LogP contribution in [0.25, 0.3) is 0 Å². The molecule has 0 aromatic rings. The molecule has 0 spiro atoms. The average Bonchev–Trinajstić information content (AvgIpc) is 0.811. The van der Waals surface area contributed by atoms with Gasteiger partial charge in [0.1, 0.15) is 0 Å². The molecule has 0 aromatic carbocycles. The minimum atomic E-state index is -0.380. The van der Waals surface area contributed by atoms with Crippen LogP contribution < -0.4 is 0 Å². The molecule has 0 atom stereocenters. The standard InChI is InChI=1S/CH5ClSi2/c1-4(2)3/h3H2,1H3. The first-order valence-electron chi connectivity index (χ1n) is 1.04. The van der Waals surface area contributed by atoms with Gasteiger partial charge in [0.15, 0.2) is 0 Å². The number of hydrogen-bond acceptors (Lipinski definition) is 0. The van der Waals surface area contributed by atoms with Crippen molar-refractivity contribution in [1.29, 1.82) is 0 Å². The van der Waals surface area contributed by atoms with Gasteiger partial charge in [-0.3, -0.25) is 0 Å². The van der Waals surface area contributed by atoms with E-state index in [1.54, 1.807) is 0 Å². The molecule has 0 N–H and O–H groups in total. The minimum Gasteiger partial charge on any atom is -0.146 e. The average molecular weight is 109 g/mol. The van der Waals surface area contributed by atoms with Crippen molar-refractivity contribution in [1.82, 2.24) is 0 Å². The maximum absolute atomic E-state index is 5.39. The SMILES string of the molecule is C[Si](=[SiH2])Cl. The molecule has 0 saturated heterocycles. The van der Waals surface area contributed by atoms with Crippen LogP contribution in [0.4, 0.5) is 0 Å². The van der Waals surface area contributed by atoms with E-state index in [1.165, 1.54) is 0 Å². The van der Waals surface area contributed by atoms with E-state index >= 15 is 0 Å². The second kappa shape index (κ2) is 1.99. The lowest BCUT2D eigenvalue weighted by Gasteiger charge is -1.58. The molecule has 0 amide bonds. The van der Waals surface area contributed by atoms with Crippen molar-refractivity contribution in [3.63, 3.8) is 0 Å². The summed E-state index contributed by atoms with van der Waals surface area (Å²) in [6, 6.07) is 0. The Kier molecular flexibility index (Phi) is 2.35. The van der Waals surface area contributed by atoms with E-state index in [1.807, 2.05) is 15.9 Å². The lowest BCUT2D eigenvalue weighted by Crippen LogP contribution is -1.70. The molecule has 0 aliphatic heterocycles. The Bertz CT molecular complexity index is 29.0. The monoisotopic (exact) mass is 108 g/mol. The molecule has 0 aliphatic rings. The fourth-order valence-electron chi connectivity index (χ4n) is 0. The molecule has 0 aromatic heterocycles. The van der Waals surface area contributed by atoms with Gasteiger partial charge in [0.2, 0.25) is 0 Å². The summed E-state index contributed by atoms with van der Waals surface area (Å²) >= 11 is 5.39. The molecule has 0 nitrogen and oxygen atoms in total. The van der Waals surface area contributed by atoms with Crippen LogP contribution in [0.5, 0.6) is 0 Å². The lowest BCUT2D eigenvalue weighted by atomic mass is 11.9. The third-order valence-electron chi connectivity index (χ3n) is 0. The summed E-state index contributed by atoms with van der Waals surface area (Å²) in [5, 5.41) is 0. The normalized spacial score (nSPS) is 6.50. The minimum absolute atomic E-state index is 0.380. The van der Waals surface area contributed by atoms with Crippen molar-refractivity contribution in [2.45, 2.75) is 6.55 Å². The summed E-state index contributed by atoms with van der Waals surface area (Å²) in [5.41, 5.74) is 0. The zero-order valence-corrected chi connectivity index (χ0v) is 5.76. The van der Waals surface area contributed by atoms with Crippen molar-refractivity contribution in [3.05, 3.63) is 0 Å². The Morgan fingerprint density at radius 3 is 2.00 bits per heavy atom. The predicted molar refractivity (Wildman–Crippen MR) is 26.0 cm³/mol. The fourth-order valence-corrected chi connectivity index (χ4v) is 0. The van der Waals surface area contributed by atoms with Gasteiger partial charge < -0.3 is 0 Å². The maximum Gasteiger partial charge on any atom is 0.0892 e. The van der Waals surface area contributed by atoms with E-state index in [-0.39, 0.29) is 7.20 Å². The number of halogens is 1. The van der Waals surface area contributed by atoms with Crippen LogP contribution in [0.1, 0.15) is 0 Å². The topological polar surface area (TPSA) is 0 Å². The van der Waals surface area contributed by atoms with E-state index in [0.717, 1.165) is 0 Å². The Morgan fingerprint density at radius 2 is 2.00 bits per heavy atom. The molecule has 0 radical (unpaired) electrons. The molecule has 0 aliphatic carbocycles. The Labute approximate surface area is 34.8 Å². The largest absolute Gasteiger partial charge is 0.146 e. The first-order valence-corrected chi connectivity index (χ1v) is 6.38. The van der Waals surface area contributed by atoms with Crippen molar-refractivity contribution < 1.29 is 0 Å².